The number of rotatable bonds is 8. The van der Waals surface area contributed by atoms with Crippen LogP contribution in [-0.2, 0) is 30.0 Å². The Kier molecular flexibility index (Phi) is 5.45. The van der Waals surface area contributed by atoms with E-state index in [1.165, 1.54) is 11.3 Å². The van der Waals surface area contributed by atoms with Crippen molar-refractivity contribution in [3.8, 4) is 0 Å². The quantitative estimate of drug-likeness (QED) is 0.736. The summed E-state index contributed by atoms with van der Waals surface area (Å²) < 4.78 is 29.0. The summed E-state index contributed by atoms with van der Waals surface area (Å²) in [5.74, 6) is 0.747. The highest BCUT2D eigenvalue weighted by Gasteiger charge is 2.16. The smallest absolute Gasteiger partial charge is 0.250 e. The first kappa shape index (κ1) is 16.1. The zero-order valence-electron chi connectivity index (χ0n) is 12.0. The number of nitrogens with one attached hydrogen (secondary N) is 2. The summed E-state index contributed by atoms with van der Waals surface area (Å²) >= 11 is 1.23. The predicted molar refractivity (Wildman–Crippen MR) is 81.6 cm³/mol. The molecular formula is C12H19N5O2S2. The Balaban J connectivity index is 1.92. The maximum atomic E-state index is 12.2. The molecule has 0 atom stereocenters. The van der Waals surface area contributed by atoms with Crippen molar-refractivity contribution in [2.75, 3.05) is 13.1 Å². The minimum absolute atomic E-state index is 0.301. The second-order valence-electron chi connectivity index (χ2n) is 4.56. The van der Waals surface area contributed by atoms with Gasteiger partial charge in [0.25, 0.3) is 0 Å². The zero-order valence-corrected chi connectivity index (χ0v) is 13.7. The van der Waals surface area contributed by atoms with Crippen molar-refractivity contribution in [1.82, 2.24) is 24.8 Å². The first-order chi connectivity index (χ1) is 10.0. The van der Waals surface area contributed by atoms with Crippen LogP contribution in [0.5, 0.6) is 0 Å². The Morgan fingerprint density at radius 2 is 2.24 bits per heavy atom. The maximum Gasteiger partial charge on any atom is 0.250 e. The van der Waals surface area contributed by atoms with Crippen LogP contribution < -0.4 is 10.0 Å². The first-order valence-electron chi connectivity index (χ1n) is 6.63. The van der Waals surface area contributed by atoms with E-state index in [1.54, 1.807) is 17.0 Å². The van der Waals surface area contributed by atoms with Crippen LogP contribution in [-0.4, -0.2) is 36.3 Å². The van der Waals surface area contributed by atoms with Gasteiger partial charge in [0.1, 0.15) is 16.4 Å². The van der Waals surface area contributed by atoms with Crippen LogP contribution >= 0.6 is 11.3 Å². The number of aryl methyl sites for hydroxylation is 1. The van der Waals surface area contributed by atoms with E-state index in [2.05, 4.69) is 20.2 Å². The summed E-state index contributed by atoms with van der Waals surface area (Å²) in [5.41, 5.74) is 0.982. The van der Waals surface area contributed by atoms with E-state index >= 15 is 0 Å². The van der Waals surface area contributed by atoms with E-state index in [-0.39, 0.29) is 0 Å². The van der Waals surface area contributed by atoms with Gasteiger partial charge in [-0.05, 0) is 23.6 Å². The van der Waals surface area contributed by atoms with Gasteiger partial charge < -0.3 is 9.88 Å². The zero-order chi connectivity index (χ0) is 15.3. The average Bonchev–Trinajstić information content (AvgIpc) is 3.06. The molecule has 0 fully saturated rings. The summed E-state index contributed by atoms with van der Waals surface area (Å²) in [6.07, 6.45) is 2.10. The van der Waals surface area contributed by atoms with Crippen LogP contribution in [0.25, 0.3) is 0 Å². The van der Waals surface area contributed by atoms with E-state index < -0.39 is 10.0 Å². The maximum absolute atomic E-state index is 12.2. The number of sulfonamides is 1. The Morgan fingerprint density at radius 3 is 2.90 bits per heavy atom. The second-order valence-corrected chi connectivity index (χ2v) is 7.47. The normalized spacial score (nSPS) is 11.9. The Hall–Kier alpha value is -1.29. The van der Waals surface area contributed by atoms with E-state index in [0.29, 0.717) is 23.7 Å². The third-order valence-corrected chi connectivity index (χ3v) is 5.87. The molecule has 0 aromatic carbocycles. The summed E-state index contributed by atoms with van der Waals surface area (Å²) in [6.45, 7) is 3.85. The molecule has 0 bridgehead atoms. The van der Waals surface area contributed by atoms with Crippen molar-refractivity contribution in [1.29, 1.82) is 0 Å². The van der Waals surface area contributed by atoms with E-state index in [0.717, 1.165) is 17.9 Å². The number of aromatic nitrogens is 3. The second kappa shape index (κ2) is 7.12. The molecule has 116 valence electrons. The van der Waals surface area contributed by atoms with Crippen molar-refractivity contribution >= 4 is 21.4 Å². The molecule has 0 saturated heterocycles. The summed E-state index contributed by atoms with van der Waals surface area (Å²) in [5, 5.41) is 12.7. The number of hydrogen-bond acceptors (Lipinski definition) is 6. The molecule has 21 heavy (non-hydrogen) atoms. The van der Waals surface area contributed by atoms with Crippen LogP contribution in [0.15, 0.2) is 22.0 Å². The van der Waals surface area contributed by atoms with Crippen molar-refractivity contribution in [3.05, 3.63) is 29.2 Å². The van der Waals surface area contributed by atoms with E-state index in [4.69, 9.17) is 0 Å². The van der Waals surface area contributed by atoms with Gasteiger partial charge in [-0.25, -0.2) is 13.1 Å². The number of nitrogens with zero attached hydrogens (tertiary/aromatic N) is 3. The molecule has 2 rings (SSSR count). The standard InChI is InChI=1S/C12H19N5O2S2/c1-3-13-7-10-6-12(20-8-10)21(18,19)15-5-4-11-16-14-9-17(11)2/h6,8-9,13,15H,3-5,7H2,1-2H3. The molecule has 0 radical (unpaired) electrons. The summed E-state index contributed by atoms with van der Waals surface area (Å²) in [4.78, 5) is 0. The fraction of sp³-hybridized carbons (Fsp3) is 0.500. The number of thiophene rings is 1. The van der Waals surface area contributed by atoms with Gasteiger partial charge in [-0.3, -0.25) is 0 Å². The Labute approximate surface area is 128 Å². The lowest BCUT2D eigenvalue weighted by Crippen LogP contribution is -2.26. The highest BCUT2D eigenvalue weighted by molar-refractivity contribution is 7.91. The predicted octanol–water partition coefficient (Wildman–Crippen LogP) is 0.507. The molecular weight excluding hydrogens is 310 g/mol. The van der Waals surface area contributed by atoms with Gasteiger partial charge in [-0.15, -0.1) is 21.5 Å². The van der Waals surface area contributed by atoms with Gasteiger partial charge >= 0.3 is 0 Å². The lowest BCUT2D eigenvalue weighted by Gasteiger charge is -2.04. The monoisotopic (exact) mass is 329 g/mol. The first-order valence-corrected chi connectivity index (χ1v) is 9.00. The molecule has 9 heteroatoms. The van der Waals surface area contributed by atoms with Gasteiger partial charge in [0.05, 0.1) is 0 Å². The molecule has 7 nitrogen and oxygen atoms in total. The lowest BCUT2D eigenvalue weighted by atomic mass is 10.3. The van der Waals surface area contributed by atoms with Crippen molar-refractivity contribution in [2.45, 2.75) is 24.1 Å². The van der Waals surface area contributed by atoms with Crippen LogP contribution in [0.3, 0.4) is 0 Å². The molecule has 0 aliphatic heterocycles. The van der Waals surface area contributed by atoms with Crippen LogP contribution in [0.1, 0.15) is 18.3 Å². The molecule has 0 amide bonds. The molecule has 2 aromatic heterocycles. The molecule has 0 aliphatic carbocycles. The Bertz CT molecular complexity index is 677. The van der Waals surface area contributed by atoms with Crippen molar-refractivity contribution in [2.24, 2.45) is 7.05 Å². The largest absolute Gasteiger partial charge is 0.321 e. The number of hydrogen-bond donors (Lipinski definition) is 2. The third-order valence-electron chi connectivity index (χ3n) is 2.92. The molecule has 0 spiro atoms. The highest BCUT2D eigenvalue weighted by atomic mass is 32.2. The molecule has 0 saturated carbocycles. The van der Waals surface area contributed by atoms with Crippen molar-refractivity contribution < 1.29 is 8.42 Å². The van der Waals surface area contributed by atoms with E-state index in [1.807, 2.05) is 19.4 Å². The molecule has 0 aliphatic rings. The van der Waals surface area contributed by atoms with Crippen LogP contribution in [0.4, 0.5) is 0 Å². The Morgan fingerprint density at radius 1 is 1.43 bits per heavy atom. The lowest BCUT2D eigenvalue weighted by molar-refractivity contribution is 0.582. The molecule has 2 heterocycles. The van der Waals surface area contributed by atoms with Gasteiger partial charge in [0.15, 0.2) is 0 Å². The average molecular weight is 329 g/mol. The SMILES string of the molecule is CCNCc1csc(S(=O)(=O)NCCc2nncn2C)c1. The highest BCUT2D eigenvalue weighted by Crippen LogP contribution is 2.19. The topological polar surface area (TPSA) is 88.9 Å². The minimum atomic E-state index is -3.45. The third kappa shape index (κ3) is 4.34. The summed E-state index contributed by atoms with van der Waals surface area (Å²) in [7, 11) is -1.62. The fourth-order valence-electron chi connectivity index (χ4n) is 1.76. The molecule has 0 unspecified atom stereocenters. The van der Waals surface area contributed by atoms with E-state index in [9.17, 15) is 8.42 Å². The summed E-state index contributed by atoms with van der Waals surface area (Å²) in [6, 6.07) is 1.71. The van der Waals surface area contributed by atoms with Gasteiger partial charge in [-0.2, -0.15) is 0 Å². The van der Waals surface area contributed by atoms with Crippen LogP contribution in [0.2, 0.25) is 0 Å². The molecule has 2 aromatic rings. The van der Waals surface area contributed by atoms with Gasteiger partial charge in [0, 0.05) is 26.6 Å². The van der Waals surface area contributed by atoms with Gasteiger partial charge in [0.2, 0.25) is 10.0 Å². The van der Waals surface area contributed by atoms with Crippen molar-refractivity contribution in [3.63, 3.8) is 0 Å². The van der Waals surface area contributed by atoms with Gasteiger partial charge in [-0.1, -0.05) is 6.92 Å². The minimum Gasteiger partial charge on any atom is -0.321 e. The fourth-order valence-corrected chi connectivity index (χ4v) is 4.04. The van der Waals surface area contributed by atoms with Crippen LogP contribution in [0, 0.1) is 0 Å². The molecule has 2 N–H and O–H groups in total.